The first-order valence-electron chi connectivity index (χ1n) is 7.86. The van der Waals surface area contributed by atoms with Gasteiger partial charge in [0.05, 0.1) is 17.2 Å². The number of hydrogen-bond donors (Lipinski definition) is 1. The van der Waals surface area contributed by atoms with E-state index in [2.05, 4.69) is 17.2 Å². The monoisotopic (exact) mass is 375 g/mol. The van der Waals surface area contributed by atoms with Gasteiger partial charge in [-0.1, -0.05) is 42.2 Å². The second-order valence-corrected chi connectivity index (χ2v) is 7.34. The topological polar surface area (TPSA) is 72.5 Å². The molecule has 1 amide bonds. The Morgan fingerprint density at radius 2 is 1.73 bits per heavy atom. The summed E-state index contributed by atoms with van der Waals surface area (Å²) in [5.74, 6) is 4.26. The summed E-state index contributed by atoms with van der Waals surface area (Å²) in [6.45, 7) is 0.0457. The van der Waals surface area contributed by atoms with Crippen LogP contribution in [-0.4, -0.2) is 33.2 Å². The highest BCUT2D eigenvalue weighted by Gasteiger charge is 2.15. The fraction of sp³-hybridized carbons (Fsp3) is 0.211. The Balaban J connectivity index is 1.69. The van der Waals surface area contributed by atoms with Crippen LogP contribution in [-0.2, 0) is 14.6 Å². The number of rotatable bonds is 7. The van der Waals surface area contributed by atoms with Crippen LogP contribution in [0, 0.1) is 17.7 Å². The van der Waals surface area contributed by atoms with E-state index in [1.807, 2.05) is 0 Å². The average molecular weight is 375 g/mol. The number of benzene rings is 2. The largest absolute Gasteiger partial charge is 0.478 e. The number of halogens is 1. The van der Waals surface area contributed by atoms with Gasteiger partial charge < -0.3 is 10.1 Å². The molecule has 0 aromatic heterocycles. The van der Waals surface area contributed by atoms with Gasteiger partial charge in [0.25, 0.3) is 0 Å². The van der Waals surface area contributed by atoms with Crippen molar-refractivity contribution in [2.75, 3.05) is 18.9 Å². The molecule has 2 aromatic rings. The molecule has 0 heterocycles. The molecule has 136 valence electrons. The van der Waals surface area contributed by atoms with Gasteiger partial charge in [0.2, 0.25) is 5.91 Å². The van der Waals surface area contributed by atoms with Crippen molar-refractivity contribution in [3.8, 4) is 17.6 Å². The molecule has 2 aromatic carbocycles. The fourth-order valence-electron chi connectivity index (χ4n) is 1.99. The van der Waals surface area contributed by atoms with Crippen LogP contribution < -0.4 is 10.1 Å². The van der Waals surface area contributed by atoms with E-state index >= 15 is 0 Å². The smallest absolute Gasteiger partial charge is 0.221 e. The summed E-state index contributed by atoms with van der Waals surface area (Å²) < 4.78 is 42.6. The first kappa shape index (κ1) is 19.5. The van der Waals surface area contributed by atoms with E-state index in [0.29, 0.717) is 0 Å². The average Bonchev–Trinajstić information content (AvgIpc) is 2.65. The first-order valence-corrected chi connectivity index (χ1v) is 9.52. The summed E-state index contributed by atoms with van der Waals surface area (Å²) in [5, 5.41) is 2.51. The minimum atomic E-state index is -3.48. The first-order chi connectivity index (χ1) is 12.5. The molecule has 0 fully saturated rings. The van der Waals surface area contributed by atoms with E-state index in [0.717, 1.165) is 0 Å². The van der Waals surface area contributed by atoms with Crippen LogP contribution in [0.4, 0.5) is 4.39 Å². The van der Waals surface area contributed by atoms with Gasteiger partial charge in [-0.2, -0.15) is 0 Å². The number of amides is 1. The van der Waals surface area contributed by atoms with Gasteiger partial charge in [-0.3, -0.25) is 4.79 Å². The van der Waals surface area contributed by atoms with Crippen LogP contribution in [0.5, 0.6) is 5.75 Å². The lowest BCUT2D eigenvalue weighted by molar-refractivity contribution is -0.120. The molecule has 26 heavy (non-hydrogen) atoms. The van der Waals surface area contributed by atoms with E-state index in [1.165, 1.54) is 24.3 Å². The summed E-state index contributed by atoms with van der Waals surface area (Å²) >= 11 is 0. The number of carbonyl (C=O) groups is 1. The Labute approximate surface area is 152 Å². The Bertz CT molecular complexity index is 902. The zero-order chi connectivity index (χ0) is 18.8. The predicted octanol–water partition coefficient (Wildman–Crippen LogP) is 2.19. The van der Waals surface area contributed by atoms with Gasteiger partial charge in [0, 0.05) is 6.42 Å². The van der Waals surface area contributed by atoms with Gasteiger partial charge in [0.1, 0.15) is 6.61 Å². The van der Waals surface area contributed by atoms with E-state index < -0.39 is 21.6 Å². The number of sulfone groups is 1. The maximum absolute atomic E-state index is 13.3. The van der Waals surface area contributed by atoms with Gasteiger partial charge in [-0.25, -0.2) is 12.8 Å². The molecule has 7 heteroatoms. The van der Waals surface area contributed by atoms with Crippen molar-refractivity contribution in [3.05, 3.63) is 60.4 Å². The van der Waals surface area contributed by atoms with Crippen LogP contribution in [0.25, 0.3) is 0 Å². The second kappa shape index (κ2) is 9.59. The molecule has 0 radical (unpaired) electrons. The molecule has 0 saturated heterocycles. The van der Waals surface area contributed by atoms with Gasteiger partial charge in [-0.15, -0.1) is 0 Å². The zero-order valence-corrected chi connectivity index (χ0v) is 14.8. The summed E-state index contributed by atoms with van der Waals surface area (Å²) in [5.41, 5.74) is 0. The van der Waals surface area contributed by atoms with Crippen molar-refractivity contribution >= 4 is 15.7 Å². The quantitative estimate of drug-likeness (QED) is 0.753. The van der Waals surface area contributed by atoms with Crippen LogP contribution in [0.2, 0.25) is 0 Å². The molecular weight excluding hydrogens is 357 g/mol. The van der Waals surface area contributed by atoms with E-state index in [1.54, 1.807) is 30.3 Å². The lowest BCUT2D eigenvalue weighted by atomic mass is 10.3. The molecule has 2 rings (SSSR count). The Hall–Kier alpha value is -2.85. The summed E-state index contributed by atoms with van der Waals surface area (Å²) in [6.07, 6.45) is -0.148. The van der Waals surface area contributed by atoms with Crippen LogP contribution in [0.3, 0.4) is 0 Å². The highest BCUT2D eigenvalue weighted by molar-refractivity contribution is 7.91. The van der Waals surface area contributed by atoms with Gasteiger partial charge >= 0.3 is 0 Å². The van der Waals surface area contributed by atoms with Crippen molar-refractivity contribution in [2.24, 2.45) is 0 Å². The standard InChI is InChI=1S/C19H18FNO4S/c20-17-10-4-5-11-18(17)25-14-7-6-13-21-19(22)12-15-26(23,24)16-8-2-1-3-9-16/h1-5,8-11H,12-15H2,(H,21,22). The van der Waals surface area contributed by atoms with Gasteiger partial charge in [0.15, 0.2) is 21.4 Å². The zero-order valence-electron chi connectivity index (χ0n) is 13.9. The number of hydrogen-bond acceptors (Lipinski definition) is 4. The Morgan fingerprint density at radius 1 is 1.04 bits per heavy atom. The molecule has 0 aliphatic heterocycles. The number of carbonyl (C=O) groups excluding carboxylic acids is 1. The number of ether oxygens (including phenoxy) is 1. The molecule has 5 nitrogen and oxygen atoms in total. The SMILES string of the molecule is O=C(CCS(=O)(=O)c1ccccc1)NCC#CCOc1ccccc1F. The molecule has 0 aliphatic carbocycles. The van der Waals surface area contributed by atoms with Crippen LogP contribution in [0.15, 0.2) is 59.5 Å². The van der Waals surface area contributed by atoms with Gasteiger partial charge in [-0.05, 0) is 24.3 Å². The number of para-hydroxylation sites is 1. The normalized spacial score (nSPS) is 10.5. The third-order valence-corrected chi connectivity index (χ3v) is 5.07. The van der Waals surface area contributed by atoms with E-state index in [-0.39, 0.29) is 36.0 Å². The Kier molecular flexibility index (Phi) is 7.18. The lowest BCUT2D eigenvalue weighted by Gasteiger charge is -2.04. The minimum absolute atomic E-state index is 0.0147. The summed E-state index contributed by atoms with van der Waals surface area (Å²) in [6, 6.07) is 14.0. The molecule has 0 aliphatic rings. The molecule has 0 atom stereocenters. The molecule has 1 N–H and O–H groups in total. The van der Waals surface area contributed by atoms with Crippen molar-refractivity contribution in [3.63, 3.8) is 0 Å². The lowest BCUT2D eigenvalue weighted by Crippen LogP contribution is -2.26. The highest BCUT2D eigenvalue weighted by Crippen LogP contribution is 2.14. The Morgan fingerprint density at radius 3 is 2.46 bits per heavy atom. The maximum atomic E-state index is 13.3. The van der Waals surface area contributed by atoms with Crippen molar-refractivity contribution in [1.82, 2.24) is 5.32 Å². The molecule has 0 spiro atoms. The number of nitrogens with one attached hydrogen (secondary N) is 1. The molecule has 0 saturated carbocycles. The molecule has 0 unspecified atom stereocenters. The second-order valence-electron chi connectivity index (χ2n) is 5.23. The van der Waals surface area contributed by atoms with Crippen molar-refractivity contribution < 1.29 is 22.3 Å². The minimum Gasteiger partial charge on any atom is -0.478 e. The maximum Gasteiger partial charge on any atom is 0.221 e. The highest BCUT2D eigenvalue weighted by atomic mass is 32.2. The van der Waals surface area contributed by atoms with Crippen molar-refractivity contribution in [2.45, 2.75) is 11.3 Å². The third kappa shape index (κ3) is 6.22. The van der Waals surface area contributed by atoms with E-state index in [9.17, 15) is 17.6 Å². The fourth-order valence-corrected chi connectivity index (χ4v) is 3.25. The third-order valence-electron chi connectivity index (χ3n) is 3.34. The molecule has 0 bridgehead atoms. The summed E-state index contributed by atoms with van der Waals surface area (Å²) in [4.78, 5) is 11.9. The van der Waals surface area contributed by atoms with E-state index in [4.69, 9.17) is 4.74 Å². The van der Waals surface area contributed by atoms with Crippen molar-refractivity contribution in [1.29, 1.82) is 0 Å². The van der Waals surface area contributed by atoms with Crippen LogP contribution in [0.1, 0.15) is 6.42 Å². The predicted molar refractivity (Wildman–Crippen MR) is 95.8 cm³/mol. The summed E-state index contributed by atoms with van der Waals surface area (Å²) in [7, 11) is -3.48. The van der Waals surface area contributed by atoms with Crippen LogP contribution >= 0.6 is 0 Å². The molecular formula is C19H18FNO4S.